The summed E-state index contributed by atoms with van der Waals surface area (Å²) in [5.74, 6) is -0.742. The molecule has 0 aromatic heterocycles. The molecule has 0 fully saturated rings. The number of carbonyl (C=O) groups is 1. The molecule has 0 saturated carbocycles. The van der Waals surface area contributed by atoms with Gasteiger partial charge < -0.3 is 5.32 Å². The summed E-state index contributed by atoms with van der Waals surface area (Å²) in [6.07, 6.45) is 0.316. The van der Waals surface area contributed by atoms with Gasteiger partial charge >= 0.3 is 5.91 Å². The third-order valence-corrected chi connectivity index (χ3v) is 3.27. The molecule has 0 aliphatic carbocycles. The number of carbonyl (C=O) groups excluding carboxylic acids is 1. The second-order valence-corrected chi connectivity index (χ2v) is 4.81. The lowest BCUT2D eigenvalue weighted by molar-refractivity contribution is -0.119. The summed E-state index contributed by atoms with van der Waals surface area (Å²) in [4.78, 5) is 32.6. The molecule has 0 unspecified atom stereocenters. The van der Waals surface area contributed by atoms with Crippen molar-refractivity contribution in [1.29, 1.82) is 0 Å². The van der Waals surface area contributed by atoms with Crippen LogP contribution in [0.2, 0.25) is 0 Å². The topological polar surface area (TPSA) is 88.0 Å². The maximum Gasteiger partial charge on any atom is 0.303 e. The van der Waals surface area contributed by atoms with Gasteiger partial charge in [-0.15, -0.1) is 9.81 Å². The monoisotopic (exact) mass is 297 g/mol. The molecule has 0 spiro atoms. The van der Waals surface area contributed by atoms with E-state index in [0.717, 1.165) is 11.1 Å². The summed E-state index contributed by atoms with van der Waals surface area (Å²) in [5, 5.41) is 8.36. The Hall–Kier alpha value is -2.73. The second kappa shape index (κ2) is 7.90. The Balaban J connectivity index is 2.03. The molecule has 112 valence electrons. The molecule has 1 atom stereocenters. The van der Waals surface area contributed by atoms with Gasteiger partial charge in [0, 0.05) is 11.7 Å². The van der Waals surface area contributed by atoms with Crippen molar-refractivity contribution in [3.63, 3.8) is 0 Å². The first kappa shape index (κ1) is 15.7. The van der Waals surface area contributed by atoms with E-state index in [2.05, 4.69) is 15.7 Å². The third-order valence-electron chi connectivity index (χ3n) is 3.27. The number of nitroso groups, excluding NO2 is 2. The summed E-state index contributed by atoms with van der Waals surface area (Å²) in [6.45, 7) is 0.459. The Morgan fingerprint density at radius 1 is 0.955 bits per heavy atom. The fourth-order valence-corrected chi connectivity index (χ4v) is 2.08. The molecule has 2 aromatic carbocycles. The van der Waals surface area contributed by atoms with Gasteiger partial charge in [-0.3, -0.25) is 4.79 Å². The van der Waals surface area contributed by atoms with Gasteiger partial charge in [0.15, 0.2) is 0 Å². The standard InChI is InChI=1S/C16H15N3O3/c20-16(19-22)15(17-11-13-4-2-1-3-5-13)10-12-6-8-14(18-21)9-7-12/h1-9,15,17H,10-11H2/t15-/m0/s1. The van der Waals surface area contributed by atoms with Crippen molar-refractivity contribution in [2.45, 2.75) is 19.0 Å². The molecule has 6 heteroatoms. The first-order valence-corrected chi connectivity index (χ1v) is 6.79. The van der Waals surface area contributed by atoms with E-state index in [1.165, 1.54) is 0 Å². The summed E-state index contributed by atoms with van der Waals surface area (Å²) in [7, 11) is 0. The number of benzene rings is 2. The van der Waals surface area contributed by atoms with Crippen molar-refractivity contribution in [2.24, 2.45) is 10.4 Å². The van der Waals surface area contributed by atoms with Crippen molar-refractivity contribution >= 4 is 11.6 Å². The smallest absolute Gasteiger partial charge is 0.301 e. The zero-order valence-corrected chi connectivity index (χ0v) is 11.8. The molecule has 6 nitrogen and oxygen atoms in total. The third kappa shape index (κ3) is 4.39. The lowest BCUT2D eigenvalue weighted by atomic mass is 10.0. The SMILES string of the molecule is O=NC(=O)[C@H](Cc1ccc(N=O)cc1)NCc1ccccc1. The number of amides is 1. The first-order chi connectivity index (χ1) is 10.7. The van der Waals surface area contributed by atoms with Gasteiger partial charge in [0.2, 0.25) is 0 Å². The number of hydrogen-bond acceptors (Lipinski definition) is 5. The van der Waals surface area contributed by atoms with E-state index >= 15 is 0 Å². The minimum Gasteiger partial charge on any atom is -0.301 e. The molecule has 1 amide bonds. The molecule has 2 rings (SSSR count). The lowest BCUT2D eigenvalue weighted by Crippen LogP contribution is -2.37. The largest absolute Gasteiger partial charge is 0.303 e. The van der Waals surface area contributed by atoms with Crippen LogP contribution in [-0.4, -0.2) is 11.9 Å². The maximum atomic E-state index is 11.7. The van der Waals surface area contributed by atoms with Crippen LogP contribution >= 0.6 is 0 Å². The molecule has 0 aliphatic heterocycles. The maximum absolute atomic E-state index is 11.7. The van der Waals surface area contributed by atoms with Crippen LogP contribution < -0.4 is 5.32 Å². The highest BCUT2D eigenvalue weighted by Crippen LogP contribution is 2.14. The van der Waals surface area contributed by atoms with Gasteiger partial charge in [0.1, 0.15) is 5.69 Å². The molecule has 2 aromatic rings. The van der Waals surface area contributed by atoms with E-state index in [0.29, 0.717) is 18.7 Å². The van der Waals surface area contributed by atoms with Crippen molar-refractivity contribution in [1.82, 2.24) is 5.32 Å². The first-order valence-electron chi connectivity index (χ1n) is 6.79. The van der Waals surface area contributed by atoms with Gasteiger partial charge in [-0.05, 0) is 34.9 Å². The van der Waals surface area contributed by atoms with Crippen molar-refractivity contribution in [2.75, 3.05) is 0 Å². The van der Waals surface area contributed by atoms with Crippen molar-refractivity contribution in [3.8, 4) is 0 Å². The van der Waals surface area contributed by atoms with E-state index in [-0.39, 0.29) is 0 Å². The van der Waals surface area contributed by atoms with E-state index in [4.69, 9.17) is 0 Å². The molecule has 0 radical (unpaired) electrons. The highest BCUT2D eigenvalue weighted by molar-refractivity contribution is 5.82. The average Bonchev–Trinajstić information content (AvgIpc) is 2.59. The Morgan fingerprint density at radius 3 is 2.23 bits per heavy atom. The van der Waals surface area contributed by atoms with Gasteiger partial charge in [-0.2, -0.15) is 0 Å². The molecule has 1 N–H and O–H groups in total. The van der Waals surface area contributed by atoms with Crippen LogP contribution in [0.25, 0.3) is 0 Å². The van der Waals surface area contributed by atoms with E-state index in [1.54, 1.807) is 24.3 Å². The van der Waals surface area contributed by atoms with E-state index in [9.17, 15) is 14.6 Å². The Labute approximate surface area is 127 Å². The minimum absolute atomic E-state index is 0.316. The Kier molecular flexibility index (Phi) is 5.62. The lowest BCUT2D eigenvalue weighted by Gasteiger charge is -2.14. The highest BCUT2D eigenvalue weighted by atomic mass is 16.3. The fraction of sp³-hybridized carbons (Fsp3) is 0.188. The molecule has 0 aliphatic rings. The molecule has 22 heavy (non-hydrogen) atoms. The van der Waals surface area contributed by atoms with Crippen LogP contribution in [0.3, 0.4) is 0 Å². The van der Waals surface area contributed by atoms with Gasteiger partial charge in [-0.1, -0.05) is 42.5 Å². The molecular weight excluding hydrogens is 282 g/mol. The zero-order valence-electron chi connectivity index (χ0n) is 11.8. The minimum atomic E-state index is -0.742. The second-order valence-electron chi connectivity index (χ2n) is 4.81. The number of nitrogens with one attached hydrogen (secondary N) is 1. The zero-order chi connectivity index (χ0) is 15.8. The number of rotatable bonds is 7. The number of hydrogen-bond donors (Lipinski definition) is 1. The molecular formula is C16H15N3O3. The van der Waals surface area contributed by atoms with E-state index in [1.807, 2.05) is 30.3 Å². The van der Waals surface area contributed by atoms with Crippen LogP contribution in [0.1, 0.15) is 11.1 Å². The molecule has 0 saturated heterocycles. The van der Waals surface area contributed by atoms with Crippen LogP contribution in [0.4, 0.5) is 5.69 Å². The van der Waals surface area contributed by atoms with Crippen LogP contribution in [0.5, 0.6) is 0 Å². The summed E-state index contributed by atoms with van der Waals surface area (Å²) < 4.78 is 0. The van der Waals surface area contributed by atoms with E-state index < -0.39 is 11.9 Å². The predicted molar refractivity (Wildman–Crippen MR) is 83.5 cm³/mol. The van der Waals surface area contributed by atoms with Crippen LogP contribution in [-0.2, 0) is 17.8 Å². The average molecular weight is 297 g/mol. The molecule has 0 bridgehead atoms. The predicted octanol–water partition coefficient (Wildman–Crippen LogP) is 3.08. The summed E-state index contributed by atoms with van der Waals surface area (Å²) in [5.41, 5.74) is 2.14. The van der Waals surface area contributed by atoms with Gasteiger partial charge in [-0.25, -0.2) is 0 Å². The van der Waals surface area contributed by atoms with Crippen molar-refractivity contribution < 1.29 is 4.79 Å². The van der Waals surface area contributed by atoms with Crippen LogP contribution in [0.15, 0.2) is 65.0 Å². The van der Waals surface area contributed by atoms with Crippen LogP contribution in [0, 0.1) is 9.81 Å². The summed E-state index contributed by atoms with van der Waals surface area (Å²) in [6, 6.07) is 15.4. The van der Waals surface area contributed by atoms with Crippen molar-refractivity contribution in [3.05, 3.63) is 75.5 Å². The Morgan fingerprint density at radius 2 is 1.64 bits per heavy atom. The molecule has 0 heterocycles. The summed E-state index contributed by atoms with van der Waals surface area (Å²) >= 11 is 0. The highest BCUT2D eigenvalue weighted by Gasteiger charge is 2.19. The van der Waals surface area contributed by atoms with Gasteiger partial charge in [0.05, 0.1) is 6.04 Å². The van der Waals surface area contributed by atoms with Gasteiger partial charge in [0.25, 0.3) is 0 Å². The quantitative estimate of drug-likeness (QED) is 0.795. The number of nitrogens with zero attached hydrogens (tertiary/aromatic N) is 2. The fourth-order valence-electron chi connectivity index (χ4n) is 2.08. The Bertz CT molecular complexity index is 641. The normalized spacial score (nSPS) is 11.6.